The van der Waals surface area contributed by atoms with Crippen molar-refractivity contribution in [1.82, 2.24) is 19.4 Å². The standard InChI is InChI=1S/C29H41N5O3/c1-8-34(9-2)21-10-12-33(13-11-21)19-25-26(36-6)14-20(15-27(25)37-7)24-18-32(5)29(35)23-17-30-28(31(3)4)16-22(23)24/h14-18,21H,8-13,19H2,1-7H3. The van der Waals surface area contributed by atoms with Gasteiger partial charge in [-0.05, 0) is 62.8 Å². The van der Waals surface area contributed by atoms with Crippen molar-refractivity contribution in [1.29, 1.82) is 0 Å². The van der Waals surface area contributed by atoms with E-state index >= 15 is 0 Å². The van der Waals surface area contributed by atoms with Gasteiger partial charge in [0.1, 0.15) is 17.3 Å². The smallest absolute Gasteiger partial charge is 0.259 e. The summed E-state index contributed by atoms with van der Waals surface area (Å²) in [4.78, 5) is 24.3. The molecule has 3 aromatic rings. The minimum atomic E-state index is -0.0692. The first-order valence-electron chi connectivity index (χ1n) is 13.2. The van der Waals surface area contributed by atoms with Crippen molar-refractivity contribution in [2.75, 3.05) is 59.4 Å². The van der Waals surface area contributed by atoms with E-state index in [4.69, 9.17) is 9.47 Å². The largest absolute Gasteiger partial charge is 0.496 e. The normalized spacial score (nSPS) is 14.9. The highest BCUT2D eigenvalue weighted by Crippen LogP contribution is 2.38. The first kappa shape index (κ1) is 26.9. The van der Waals surface area contributed by atoms with Crippen LogP contribution in [-0.4, -0.2) is 79.9 Å². The number of piperidine rings is 1. The molecule has 1 fully saturated rings. The van der Waals surface area contributed by atoms with Crippen molar-refractivity contribution in [3.05, 3.63) is 46.5 Å². The number of hydrogen-bond acceptors (Lipinski definition) is 7. The molecule has 2 aromatic heterocycles. The lowest BCUT2D eigenvalue weighted by Gasteiger charge is -2.38. The molecule has 8 heteroatoms. The minimum Gasteiger partial charge on any atom is -0.496 e. The van der Waals surface area contributed by atoms with Gasteiger partial charge in [-0.2, -0.15) is 0 Å². The molecule has 4 rings (SSSR count). The molecule has 0 aliphatic carbocycles. The molecule has 0 radical (unpaired) electrons. The maximum absolute atomic E-state index is 12.9. The van der Waals surface area contributed by atoms with Crippen LogP contribution in [0.1, 0.15) is 32.3 Å². The summed E-state index contributed by atoms with van der Waals surface area (Å²) in [5.74, 6) is 2.39. The van der Waals surface area contributed by atoms with Crippen molar-refractivity contribution < 1.29 is 9.47 Å². The summed E-state index contributed by atoms with van der Waals surface area (Å²) < 4.78 is 13.4. The highest BCUT2D eigenvalue weighted by atomic mass is 16.5. The number of fused-ring (bicyclic) bond motifs is 1. The van der Waals surface area contributed by atoms with Crippen molar-refractivity contribution in [3.63, 3.8) is 0 Å². The quantitative estimate of drug-likeness (QED) is 0.434. The molecule has 8 nitrogen and oxygen atoms in total. The molecule has 1 aromatic carbocycles. The lowest BCUT2D eigenvalue weighted by molar-refractivity contribution is 0.111. The van der Waals surface area contributed by atoms with E-state index in [1.807, 2.05) is 31.3 Å². The second kappa shape index (κ2) is 11.5. The number of nitrogens with zero attached hydrogens (tertiary/aromatic N) is 5. The fourth-order valence-electron chi connectivity index (χ4n) is 5.53. The van der Waals surface area contributed by atoms with Crippen LogP contribution in [0.3, 0.4) is 0 Å². The highest BCUT2D eigenvalue weighted by molar-refractivity contribution is 5.97. The molecule has 1 saturated heterocycles. The maximum Gasteiger partial charge on any atom is 0.259 e. The molecule has 0 atom stereocenters. The summed E-state index contributed by atoms with van der Waals surface area (Å²) >= 11 is 0. The molecule has 0 bridgehead atoms. The number of aromatic nitrogens is 2. The zero-order chi connectivity index (χ0) is 26.7. The lowest BCUT2D eigenvalue weighted by atomic mass is 9.98. The van der Waals surface area contributed by atoms with Gasteiger partial charge in [-0.15, -0.1) is 0 Å². The summed E-state index contributed by atoms with van der Waals surface area (Å²) in [7, 11) is 9.08. The fourth-order valence-corrected chi connectivity index (χ4v) is 5.53. The average molecular weight is 508 g/mol. The maximum atomic E-state index is 12.9. The van der Waals surface area contributed by atoms with Gasteiger partial charge in [0, 0.05) is 57.1 Å². The number of likely N-dealkylation sites (tertiary alicyclic amines) is 1. The van der Waals surface area contributed by atoms with Crippen LogP contribution in [0, 0.1) is 0 Å². The Balaban J connectivity index is 1.71. The lowest BCUT2D eigenvalue weighted by Crippen LogP contribution is -2.44. The molecular weight excluding hydrogens is 466 g/mol. The Labute approximate surface area is 220 Å². The minimum absolute atomic E-state index is 0.0692. The Hall–Kier alpha value is -3.10. The molecule has 0 N–H and O–H groups in total. The topological polar surface area (TPSA) is 63.1 Å². The van der Waals surface area contributed by atoms with Crippen LogP contribution >= 0.6 is 0 Å². The zero-order valence-electron chi connectivity index (χ0n) is 23.4. The number of pyridine rings is 2. The van der Waals surface area contributed by atoms with Crippen LogP contribution in [-0.2, 0) is 13.6 Å². The summed E-state index contributed by atoms with van der Waals surface area (Å²) in [5.41, 5.74) is 2.86. The molecule has 0 saturated carbocycles. The molecule has 1 aliphatic heterocycles. The van der Waals surface area contributed by atoms with E-state index in [0.717, 1.165) is 72.1 Å². The van der Waals surface area contributed by atoms with Gasteiger partial charge >= 0.3 is 0 Å². The Bertz CT molecular complexity index is 1270. The second-order valence-corrected chi connectivity index (χ2v) is 10.0. The molecule has 1 aliphatic rings. The van der Waals surface area contributed by atoms with Gasteiger partial charge in [0.25, 0.3) is 5.56 Å². The van der Waals surface area contributed by atoms with Gasteiger partial charge in [0.2, 0.25) is 0 Å². The Morgan fingerprint density at radius 3 is 2.16 bits per heavy atom. The Morgan fingerprint density at radius 2 is 1.62 bits per heavy atom. The third kappa shape index (κ3) is 5.45. The van der Waals surface area contributed by atoms with E-state index < -0.39 is 0 Å². The average Bonchev–Trinajstić information content (AvgIpc) is 2.92. The van der Waals surface area contributed by atoms with E-state index in [1.54, 1.807) is 32.0 Å². The van der Waals surface area contributed by atoms with Crippen LogP contribution in [0.15, 0.2) is 35.4 Å². The SMILES string of the molecule is CCN(CC)C1CCN(Cc2c(OC)cc(-c3cn(C)c(=O)c4cnc(N(C)C)cc34)cc2OC)CC1. The fraction of sp³-hybridized carbons (Fsp3) is 0.517. The van der Waals surface area contributed by atoms with E-state index in [9.17, 15) is 4.79 Å². The van der Waals surface area contributed by atoms with Crippen molar-refractivity contribution in [3.8, 4) is 22.6 Å². The summed E-state index contributed by atoms with van der Waals surface area (Å²) in [6, 6.07) is 6.77. The highest BCUT2D eigenvalue weighted by Gasteiger charge is 2.25. The first-order valence-corrected chi connectivity index (χ1v) is 13.2. The van der Waals surface area contributed by atoms with Crippen LogP contribution in [0.2, 0.25) is 0 Å². The summed E-state index contributed by atoms with van der Waals surface area (Å²) in [6.07, 6.45) is 5.91. The van der Waals surface area contributed by atoms with Gasteiger partial charge in [0.05, 0.1) is 25.2 Å². The molecule has 200 valence electrons. The van der Waals surface area contributed by atoms with Crippen molar-refractivity contribution >= 4 is 16.6 Å². The number of rotatable bonds is 9. The number of methoxy groups -OCH3 is 2. The first-order chi connectivity index (χ1) is 17.8. The van der Waals surface area contributed by atoms with Gasteiger partial charge in [-0.1, -0.05) is 13.8 Å². The zero-order valence-corrected chi connectivity index (χ0v) is 23.4. The predicted molar refractivity (Wildman–Crippen MR) is 151 cm³/mol. The molecule has 37 heavy (non-hydrogen) atoms. The van der Waals surface area contributed by atoms with Crippen LogP contribution in [0.4, 0.5) is 5.82 Å². The molecule has 0 amide bonds. The van der Waals surface area contributed by atoms with Gasteiger partial charge in [0.15, 0.2) is 0 Å². The van der Waals surface area contributed by atoms with Crippen LogP contribution in [0.25, 0.3) is 21.9 Å². The van der Waals surface area contributed by atoms with Crippen LogP contribution in [0.5, 0.6) is 11.5 Å². The monoisotopic (exact) mass is 507 g/mol. The number of aryl methyl sites for hydroxylation is 1. The van der Waals surface area contributed by atoms with E-state index in [2.05, 4.69) is 40.8 Å². The predicted octanol–water partition coefficient (Wildman–Crippen LogP) is 3.99. The molecule has 0 spiro atoms. The van der Waals surface area contributed by atoms with E-state index in [1.165, 1.54) is 12.8 Å². The number of hydrogen-bond donors (Lipinski definition) is 0. The number of ether oxygens (including phenoxy) is 2. The van der Waals surface area contributed by atoms with Crippen molar-refractivity contribution in [2.45, 2.75) is 39.3 Å². The third-order valence-corrected chi connectivity index (χ3v) is 7.70. The van der Waals surface area contributed by atoms with Crippen LogP contribution < -0.4 is 19.9 Å². The molecular formula is C29H41N5O3. The van der Waals surface area contributed by atoms with E-state index in [-0.39, 0.29) is 5.56 Å². The summed E-state index contributed by atoms with van der Waals surface area (Å²) in [5, 5.41) is 1.45. The van der Waals surface area contributed by atoms with Gasteiger partial charge < -0.3 is 23.8 Å². The summed E-state index contributed by atoms with van der Waals surface area (Å²) in [6.45, 7) is 9.60. The van der Waals surface area contributed by atoms with Crippen molar-refractivity contribution in [2.24, 2.45) is 7.05 Å². The Morgan fingerprint density at radius 1 is 1.00 bits per heavy atom. The van der Waals surface area contributed by atoms with Gasteiger partial charge in [-0.3, -0.25) is 9.69 Å². The number of benzene rings is 1. The van der Waals surface area contributed by atoms with E-state index in [0.29, 0.717) is 11.4 Å². The Kier molecular flexibility index (Phi) is 8.39. The van der Waals surface area contributed by atoms with Gasteiger partial charge in [-0.25, -0.2) is 4.98 Å². The third-order valence-electron chi connectivity index (χ3n) is 7.70. The molecule has 3 heterocycles. The second-order valence-electron chi connectivity index (χ2n) is 10.0. The molecule has 0 unspecified atom stereocenters. The number of anilines is 1.